The van der Waals surface area contributed by atoms with Crippen LogP contribution in [0.3, 0.4) is 0 Å². The van der Waals surface area contributed by atoms with Gasteiger partial charge < -0.3 is 15.1 Å². The highest BCUT2D eigenvalue weighted by Crippen LogP contribution is 2.35. The second-order valence-corrected chi connectivity index (χ2v) is 8.11. The van der Waals surface area contributed by atoms with Gasteiger partial charge in [-0.1, -0.05) is 48.1 Å². The number of nitrogens with zero attached hydrogens (tertiary/aromatic N) is 3. The third-order valence-electron chi connectivity index (χ3n) is 5.24. The first-order valence-electron chi connectivity index (χ1n) is 9.23. The molecule has 0 aliphatic carbocycles. The number of aliphatic hydroxyl groups excluding tert-OH is 1. The Bertz CT molecular complexity index is 894. The SMILES string of the molecule is CCc1nc2sc([C@@H](c3ccc(C)cc3)[NH+]3CCC(O)CC3)c(O)n2n1. The molecule has 1 aromatic carbocycles. The lowest BCUT2D eigenvalue weighted by atomic mass is 9.98. The minimum absolute atomic E-state index is 0.0293. The maximum Gasteiger partial charge on any atom is 0.235 e. The Balaban J connectivity index is 1.78. The van der Waals surface area contributed by atoms with Crippen molar-refractivity contribution in [3.8, 4) is 5.88 Å². The molecule has 0 radical (unpaired) electrons. The first-order valence-corrected chi connectivity index (χ1v) is 10.0. The Morgan fingerprint density at radius 1 is 1.27 bits per heavy atom. The van der Waals surface area contributed by atoms with E-state index in [4.69, 9.17) is 0 Å². The zero-order chi connectivity index (χ0) is 18.3. The van der Waals surface area contributed by atoms with Gasteiger partial charge in [0.1, 0.15) is 4.88 Å². The van der Waals surface area contributed by atoms with Gasteiger partial charge in [-0.25, -0.2) is 4.98 Å². The van der Waals surface area contributed by atoms with E-state index in [0.717, 1.165) is 48.0 Å². The van der Waals surface area contributed by atoms with Gasteiger partial charge in [0.2, 0.25) is 10.8 Å². The summed E-state index contributed by atoms with van der Waals surface area (Å²) < 4.78 is 1.57. The summed E-state index contributed by atoms with van der Waals surface area (Å²) >= 11 is 1.52. The molecule has 0 spiro atoms. The van der Waals surface area contributed by atoms with Gasteiger partial charge in [0.25, 0.3) is 0 Å². The Morgan fingerprint density at radius 3 is 2.58 bits per heavy atom. The Labute approximate surface area is 156 Å². The molecule has 1 fully saturated rings. The Hall–Kier alpha value is -1.96. The lowest BCUT2D eigenvalue weighted by Gasteiger charge is -2.33. The molecule has 138 valence electrons. The normalized spacial score (nSPS) is 22.0. The molecule has 1 aliphatic heterocycles. The molecule has 26 heavy (non-hydrogen) atoms. The summed E-state index contributed by atoms with van der Waals surface area (Å²) in [4.78, 5) is 7.53. The predicted octanol–water partition coefficient (Wildman–Crippen LogP) is 1.50. The molecule has 3 N–H and O–H groups in total. The van der Waals surface area contributed by atoms with E-state index in [9.17, 15) is 10.2 Å². The average molecular weight is 374 g/mol. The number of thiazole rings is 1. The van der Waals surface area contributed by atoms with Gasteiger partial charge in [0, 0.05) is 24.8 Å². The number of likely N-dealkylation sites (tertiary alicyclic amines) is 1. The van der Waals surface area contributed by atoms with Crippen LogP contribution in [0, 0.1) is 6.92 Å². The third kappa shape index (κ3) is 3.11. The fourth-order valence-electron chi connectivity index (χ4n) is 3.72. The van der Waals surface area contributed by atoms with Crippen LogP contribution in [-0.2, 0) is 6.42 Å². The van der Waals surface area contributed by atoms with Crippen molar-refractivity contribution in [2.45, 2.75) is 45.3 Å². The van der Waals surface area contributed by atoms with E-state index in [1.54, 1.807) is 4.52 Å². The molecule has 6 nitrogen and oxygen atoms in total. The number of aromatic hydroxyl groups is 1. The monoisotopic (exact) mass is 373 g/mol. The van der Waals surface area contributed by atoms with Gasteiger partial charge in [0.15, 0.2) is 11.9 Å². The molecule has 0 amide bonds. The molecular weight excluding hydrogens is 348 g/mol. The molecule has 1 saturated heterocycles. The highest BCUT2D eigenvalue weighted by atomic mass is 32.1. The number of aliphatic hydroxyl groups is 1. The Kier molecular flexibility index (Phi) is 4.69. The lowest BCUT2D eigenvalue weighted by Crippen LogP contribution is -3.13. The van der Waals surface area contributed by atoms with E-state index >= 15 is 0 Å². The van der Waals surface area contributed by atoms with E-state index in [1.165, 1.54) is 27.4 Å². The Morgan fingerprint density at radius 2 is 1.96 bits per heavy atom. The summed E-state index contributed by atoms with van der Waals surface area (Å²) in [5.74, 6) is 0.944. The summed E-state index contributed by atoms with van der Waals surface area (Å²) in [7, 11) is 0. The second kappa shape index (κ2) is 6.98. The number of nitrogens with one attached hydrogen (secondary N) is 1. The van der Waals surface area contributed by atoms with E-state index in [2.05, 4.69) is 41.3 Å². The maximum absolute atomic E-state index is 10.9. The van der Waals surface area contributed by atoms with Crippen LogP contribution in [0.4, 0.5) is 0 Å². The average Bonchev–Trinajstić information content (AvgIpc) is 3.18. The molecule has 4 rings (SSSR count). The zero-order valence-electron chi connectivity index (χ0n) is 15.1. The predicted molar refractivity (Wildman–Crippen MR) is 101 cm³/mol. The molecule has 1 atom stereocenters. The van der Waals surface area contributed by atoms with Crippen LogP contribution < -0.4 is 4.90 Å². The standard InChI is InChI=1S/C19H24N4O2S/c1-3-15-20-19-23(21-15)18(25)17(26-19)16(13-6-4-12(2)5-7-13)22-10-8-14(24)9-11-22/h4-7,14,16,24-25H,3,8-11H2,1-2H3/p+1/t16-/m1/s1. The molecule has 0 saturated carbocycles. The number of benzene rings is 1. The molecule has 3 heterocycles. The number of aryl methyl sites for hydroxylation is 2. The van der Waals surface area contributed by atoms with Crippen molar-refractivity contribution in [1.82, 2.24) is 14.6 Å². The molecule has 3 aromatic rings. The minimum Gasteiger partial charge on any atom is -0.492 e. The number of quaternary nitrogens is 1. The van der Waals surface area contributed by atoms with Gasteiger partial charge in [-0.15, -0.1) is 5.10 Å². The van der Waals surface area contributed by atoms with Crippen molar-refractivity contribution in [2.24, 2.45) is 0 Å². The first-order chi connectivity index (χ1) is 12.6. The summed E-state index contributed by atoms with van der Waals surface area (Å²) in [5, 5.41) is 25.2. The van der Waals surface area contributed by atoms with Crippen molar-refractivity contribution in [2.75, 3.05) is 13.1 Å². The number of hydrogen-bond donors (Lipinski definition) is 3. The van der Waals surface area contributed by atoms with Crippen LogP contribution in [-0.4, -0.2) is 44.0 Å². The van der Waals surface area contributed by atoms with Crippen molar-refractivity contribution in [1.29, 1.82) is 0 Å². The summed E-state index contributed by atoms with van der Waals surface area (Å²) in [5.41, 5.74) is 2.40. The number of aromatic nitrogens is 3. The van der Waals surface area contributed by atoms with Crippen molar-refractivity contribution < 1.29 is 15.1 Å². The van der Waals surface area contributed by atoms with E-state index in [1.807, 2.05) is 6.92 Å². The number of piperidine rings is 1. The van der Waals surface area contributed by atoms with Crippen molar-refractivity contribution in [3.05, 3.63) is 46.1 Å². The van der Waals surface area contributed by atoms with Gasteiger partial charge >= 0.3 is 0 Å². The topological polar surface area (TPSA) is 75.1 Å². The molecule has 1 aliphatic rings. The molecule has 0 unspecified atom stereocenters. The van der Waals surface area contributed by atoms with Crippen molar-refractivity contribution in [3.63, 3.8) is 0 Å². The third-order valence-corrected chi connectivity index (χ3v) is 6.32. The fraction of sp³-hybridized carbons (Fsp3) is 0.474. The maximum atomic E-state index is 10.9. The lowest BCUT2D eigenvalue weighted by molar-refractivity contribution is -0.931. The minimum atomic E-state index is -0.208. The van der Waals surface area contributed by atoms with E-state index in [0.29, 0.717) is 0 Å². The van der Waals surface area contributed by atoms with Crippen LogP contribution in [0.2, 0.25) is 0 Å². The highest BCUT2D eigenvalue weighted by Gasteiger charge is 2.35. The smallest absolute Gasteiger partial charge is 0.235 e. The van der Waals surface area contributed by atoms with E-state index < -0.39 is 0 Å². The number of fused-ring (bicyclic) bond motifs is 1. The van der Waals surface area contributed by atoms with E-state index in [-0.39, 0.29) is 18.0 Å². The highest BCUT2D eigenvalue weighted by molar-refractivity contribution is 7.17. The summed E-state index contributed by atoms with van der Waals surface area (Å²) in [6.45, 7) is 5.85. The van der Waals surface area contributed by atoms with Gasteiger partial charge in [-0.3, -0.25) is 0 Å². The van der Waals surface area contributed by atoms with Crippen LogP contribution in [0.15, 0.2) is 24.3 Å². The molecule has 2 aromatic heterocycles. The molecule has 7 heteroatoms. The summed E-state index contributed by atoms with van der Waals surface area (Å²) in [6.07, 6.45) is 2.12. The van der Waals surface area contributed by atoms with Crippen LogP contribution in [0.25, 0.3) is 4.96 Å². The quantitative estimate of drug-likeness (QED) is 0.648. The fourth-order valence-corrected chi connectivity index (χ4v) is 4.88. The van der Waals surface area contributed by atoms with Gasteiger partial charge in [0.05, 0.1) is 19.2 Å². The molecule has 0 bridgehead atoms. The number of rotatable bonds is 4. The second-order valence-electron chi connectivity index (χ2n) is 7.10. The molecular formula is C19H25N4O2S+. The zero-order valence-corrected chi connectivity index (χ0v) is 16.0. The van der Waals surface area contributed by atoms with Crippen molar-refractivity contribution >= 4 is 16.3 Å². The largest absolute Gasteiger partial charge is 0.492 e. The first kappa shape index (κ1) is 17.5. The van der Waals surface area contributed by atoms with Crippen LogP contribution >= 0.6 is 11.3 Å². The van der Waals surface area contributed by atoms with Crippen LogP contribution in [0.5, 0.6) is 5.88 Å². The van der Waals surface area contributed by atoms with Gasteiger partial charge in [-0.2, -0.15) is 4.52 Å². The number of hydrogen-bond acceptors (Lipinski definition) is 5. The van der Waals surface area contributed by atoms with Crippen LogP contribution in [0.1, 0.15) is 47.6 Å². The summed E-state index contributed by atoms with van der Waals surface area (Å²) in [6, 6.07) is 8.55. The van der Waals surface area contributed by atoms with Gasteiger partial charge in [-0.05, 0) is 6.92 Å².